The highest BCUT2D eigenvalue weighted by molar-refractivity contribution is 7.13. The van der Waals surface area contributed by atoms with Crippen molar-refractivity contribution in [3.8, 4) is 28.5 Å². The predicted molar refractivity (Wildman–Crippen MR) is 233 cm³/mol. The van der Waals surface area contributed by atoms with E-state index in [2.05, 4.69) is 43.0 Å². The first kappa shape index (κ1) is 40.8. The molecule has 2 aliphatic heterocycles. The van der Waals surface area contributed by atoms with Crippen molar-refractivity contribution >= 4 is 45.1 Å². The van der Waals surface area contributed by atoms with E-state index in [1.807, 2.05) is 84.3 Å². The number of aromatic nitrogens is 2. The van der Waals surface area contributed by atoms with Gasteiger partial charge in [-0.3, -0.25) is 14.4 Å². The van der Waals surface area contributed by atoms with Crippen LogP contribution in [0, 0.1) is 5.92 Å². The van der Waals surface area contributed by atoms with E-state index in [1.165, 1.54) is 11.3 Å². The highest BCUT2D eigenvalue weighted by Crippen LogP contribution is 2.46. The Morgan fingerprint density at radius 3 is 2.48 bits per heavy atom. The number of carbonyl (C=O) groups is 3. The standard InChI is InChI=1S/C47H52N6O6S/c1-46(2,3)41-29-60-45(50-41)49-36-21-15-7-5-6-12-18-31-27-47(31,44(56)52-59-32-19-13-9-14-20-32)51-42(54)39-25-34(28-53(39)43(36)55)58-40-26-37(30-16-10-8-11-17-30)48-38-24-33(57-4)22-23-35(38)40/h8-14,16-20,22-24,26,29,31,34,36,39H,5-7,15,21,25,27-28H2,1-4H3,(H,49,50)(H,51,54)(H,52,56)/b18-12-/t31-,34-,36+,39+,47-/m1/s1. The molecule has 4 heterocycles. The number of ether oxygens (including phenoxy) is 2. The molecular weight excluding hydrogens is 777 g/mol. The van der Waals surface area contributed by atoms with Gasteiger partial charge >= 0.3 is 0 Å². The maximum absolute atomic E-state index is 15.0. The zero-order chi connectivity index (χ0) is 41.9. The van der Waals surface area contributed by atoms with Crippen LogP contribution in [0.3, 0.4) is 0 Å². The minimum absolute atomic E-state index is 0.153. The van der Waals surface area contributed by atoms with Gasteiger partial charge < -0.3 is 29.8 Å². The number of fused-ring (bicyclic) bond motifs is 3. The van der Waals surface area contributed by atoms with Gasteiger partial charge in [0.2, 0.25) is 11.8 Å². The molecule has 0 radical (unpaired) electrons. The Balaban J connectivity index is 1.12. The number of amides is 3. The monoisotopic (exact) mass is 828 g/mol. The van der Waals surface area contributed by atoms with Gasteiger partial charge in [0.05, 0.1) is 30.6 Å². The van der Waals surface area contributed by atoms with Crippen LogP contribution in [0.4, 0.5) is 5.13 Å². The third kappa shape index (κ3) is 8.96. The lowest BCUT2D eigenvalue weighted by Gasteiger charge is -2.29. The van der Waals surface area contributed by atoms with Crippen molar-refractivity contribution in [2.45, 2.75) is 94.9 Å². The van der Waals surface area contributed by atoms with Crippen LogP contribution in [-0.2, 0) is 19.8 Å². The maximum atomic E-state index is 15.0. The van der Waals surface area contributed by atoms with Crippen LogP contribution in [0.2, 0.25) is 0 Å². The second-order valence-corrected chi connectivity index (χ2v) is 17.8. The molecule has 5 atom stereocenters. The lowest BCUT2D eigenvalue weighted by molar-refractivity contribution is -0.141. The number of hydroxylamine groups is 1. The van der Waals surface area contributed by atoms with Crippen molar-refractivity contribution in [2.24, 2.45) is 5.92 Å². The molecule has 12 nitrogen and oxygen atoms in total. The molecule has 1 aliphatic carbocycles. The van der Waals surface area contributed by atoms with Crippen LogP contribution >= 0.6 is 11.3 Å². The van der Waals surface area contributed by atoms with Gasteiger partial charge in [0.25, 0.3) is 5.91 Å². The second-order valence-electron chi connectivity index (χ2n) is 16.9. The van der Waals surface area contributed by atoms with Crippen LogP contribution in [0.5, 0.6) is 17.2 Å². The summed E-state index contributed by atoms with van der Waals surface area (Å²) in [6.07, 6.45) is 8.20. The summed E-state index contributed by atoms with van der Waals surface area (Å²) >= 11 is 1.48. The molecule has 0 spiro atoms. The number of carbonyl (C=O) groups excluding carboxylic acids is 3. The third-order valence-electron chi connectivity index (χ3n) is 11.6. The van der Waals surface area contributed by atoms with Gasteiger partial charge in [-0.1, -0.05) is 94.3 Å². The lowest BCUT2D eigenvalue weighted by Crippen LogP contribution is -2.57. The minimum Gasteiger partial charge on any atom is -0.497 e. The van der Waals surface area contributed by atoms with Gasteiger partial charge in [-0.2, -0.15) is 5.48 Å². The molecule has 3 aliphatic rings. The normalized spacial score (nSPS) is 23.9. The average Bonchev–Trinajstić information content (AvgIpc) is 3.52. The Kier molecular flexibility index (Phi) is 11.8. The first-order chi connectivity index (χ1) is 29.0. The molecule has 13 heteroatoms. The van der Waals surface area contributed by atoms with Crippen LogP contribution in [0.25, 0.3) is 22.2 Å². The van der Waals surface area contributed by atoms with Crippen LogP contribution in [0.1, 0.15) is 71.4 Å². The Morgan fingerprint density at radius 2 is 1.73 bits per heavy atom. The fraction of sp³-hybridized carbons (Fsp3) is 0.383. The van der Waals surface area contributed by atoms with Crippen LogP contribution < -0.4 is 30.4 Å². The number of anilines is 1. The van der Waals surface area contributed by atoms with Crippen LogP contribution in [-0.4, -0.2) is 70.0 Å². The number of rotatable bonds is 9. The molecule has 1 saturated heterocycles. The molecule has 2 aromatic heterocycles. The van der Waals surface area contributed by atoms with E-state index in [0.29, 0.717) is 46.4 Å². The van der Waals surface area contributed by atoms with E-state index in [4.69, 9.17) is 24.3 Å². The van der Waals surface area contributed by atoms with Crippen molar-refractivity contribution in [3.05, 3.63) is 108 Å². The van der Waals surface area contributed by atoms with Gasteiger partial charge in [-0.25, -0.2) is 9.97 Å². The Labute approximate surface area is 354 Å². The number of nitrogens with zero attached hydrogens (tertiary/aromatic N) is 3. The summed E-state index contributed by atoms with van der Waals surface area (Å²) in [5.41, 5.74) is 4.45. The molecule has 1 saturated carbocycles. The fourth-order valence-corrected chi connectivity index (χ4v) is 9.01. The molecule has 2 fully saturated rings. The van der Waals surface area contributed by atoms with Gasteiger partial charge in [0.15, 0.2) is 10.9 Å². The molecular formula is C47H52N6O6S. The van der Waals surface area contributed by atoms with Crippen molar-refractivity contribution in [2.75, 3.05) is 19.0 Å². The van der Waals surface area contributed by atoms with Crippen molar-refractivity contribution in [1.29, 1.82) is 0 Å². The third-order valence-corrected chi connectivity index (χ3v) is 12.3. The van der Waals surface area contributed by atoms with Gasteiger partial charge in [-0.15, -0.1) is 11.3 Å². The molecule has 312 valence electrons. The summed E-state index contributed by atoms with van der Waals surface area (Å²) in [4.78, 5) is 60.8. The number of hydrogen-bond acceptors (Lipinski definition) is 10. The predicted octanol–water partition coefficient (Wildman–Crippen LogP) is 8.00. The van der Waals surface area contributed by atoms with Crippen molar-refractivity contribution < 1.29 is 28.7 Å². The summed E-state index contributed by atoms with van der Waals surface area (Å²) in [5.74, 6) is 0.382. The molecule has 5 aromatic rings. The van der Waals surface area contributed by atoms with Crippen molar-refractivity contribution in [1.82, 2.24) is 25.7 Å². The van der Waals surface area contributed by atoms with Crippen LogP contribution in [0.15, 0.2) is 102 Å². The number of pyridine rings is 1. The fourth-order valence-electron chi connectivity index (χ4n) is 8.02. The highest BCUT2D eigenvalue weighted by Gasteiger charge is 2.61. The van der Waals surface area contributed by atoms with E-state index in [1.54, 1.807) is 24.1 Å². The first-order valence-corrected chi connectivity index (χ1v) is 21.6. The highest BCUT2D eigenvalue weighted by atomic mass is 32.1. The topological polar surface area (TPSA) is 144 Å². The second kappa shape index (κ2) is 17.3. The van der Waals surface area contributed by atoms with E-state index in [0.717, 1.165) is 42.3 Å². The zero-order valence-electron chi connectivity index (χ0n) is 34.5. The number of thiazole rings is 1. The Morgan fingerprint density at radius 1 is 0.950 bits per heavy atom. The first-order valence-electron chi connectivity index (χ1n) is 20.8. The maximum Gasteiger partial charge on any atom is 0.278 e. The largest absolute Gasteiger partial charge is 0.497 e. The molecule has 3 amide bonds. The lowest BCUT2D eigenvalue weighted by atomic mass is 9.93. The van der Waals surface area contributed by atoms with E-state index < -0.39 is 35.5 Å². The number of para-hydroxylation sites is 1. The molecule has 60 heavy (non-hydrogen) atoms. The van der Waals surface area contributed by atoms with E-state index >= 15 is 0 Å². The molecule has 0 bridgehead atoms. The summed E-state index contributed by atoms with van der Waals surface area (Å²) in [6.45, 7) is 6.49. The molecule has 3 N–H and O–H groups in total. The minimum atomic E-state index is -1.25. The SMILES string of the molecule is COc1ccc2c(O[C@@H]3C[C@H]4C(=O)N[C@]5(C(=O)NOc6ccccc6)C[C@H]5/C=C\CCCCC[C@H](Nc5nc(C(C)(C)C)cs5)C(=O)N4C3)cc(-c3ccccc3)nc2c1. The summed E-state index contributed by atoms with van der Waals surface area (Å²) in [6, 6.07) is 24.8. The van der Waals surface area contributed by atoms with Gasteiger partial charge in [-0.05, 0) is 49.9 Å². The van der Waals surface area contributed by atoms with E-state index in [-0.39, 0.29) is 30.2 Å². The van der Waals surface area contributed by atoms with Gasteiger partial charge in [0.1, 0.15) is 35.2 Å². The number of nitrogens with one attached hydrogen (secondary N) is 3. The molecule has 8 rings (SSSR count). The Hall–Kier alpha value is -5.95. The summed E-state index contributed by atoms with van der Waals surface area (Å²) < 4.78 is 12.4. The van der Waals surface area contributed by atoms with E-state index in [9.17, 15) is 14.4 Å². The summed E-state index contributed by atoms with van der Waals surface area (Å²) in [7, 11) is 1.62. The zero-order valence-corrected chi connectivity index (χ0v) is 35.3. The molecule has 3 aromatic carbocycles. The van der Waals surface area contributed by atoms with Gasteiger partial charge in [0, 0.05) is 46.2 Å². The molecule has 0 unspecified atom stereocenters. The number of hydrogen-bond donors (Lipinski definition) is 3. The smallest absolute Gasteiger partial charge is 0.278 e. The number of benzene rings is 3. The summed E-state index contributed by atoms with van der Waals surface area (Å²) in [5, 5.41) is 10.1. The Bertz CT molecular complexity index is 2360. The van der Waals surface area contributed by atoms with Crippen molar-refractivity contribution in [3.63, 3.8) is 0 Å². The average molecular weight is 829 g/mol. The number of methoxy groups -OCH3 is 1. The quantitative estimate of drug-likeness (QED) is 0.0995. The number of allylic oxidation sites excluding steroid dienone is 1.